The summed E-state index contributed by atoms with van der Waals surface area (Å²) in [5.41, 5.74) is 6.80. The van der Waals surface area contributed by atoms with Crippen molar-refractivity contribution < 1.29 is 4.74 Å². The van der Waals surface area contributed by atoms with Crippen LogP contribution in [0.15, 0.2) is 18.2 Å². The lowest BCUT2D eigenvalue weighted by Gasteiger charge is -2.42. The lowest BCUT2D eigenvalue weighted by atomic mass is 9.77. The third-order valence-electron chi connectivity index (χ3n) is 3.60. The predicted octanol–water partition coefficient (Wildman–Crippen LogP) is 3.55. The number of rotatable bonds is 5. The van der Waals surface area contributed by atoms with Crippen LogP contribution in [0.4, 0.5) is 0 Å². The molecule has 3 heteroatoms. The average molecular weight is 254 g/mol. The van der Waals surface area contributed by atoms with Crippen LogP contribution >= 0.6 is 11.6 Å². The molecule has 1 fully saturated rings. The largest absolute Gasteiger partial charge is 0.487 e. The van der Waals surface area contributed by atoms with Crippen molar-refractivity contribution in [2.75, 3.05) is 6.54 Å². The molecular formula is C14H20ClNO. The molecule has 0 aliphatic heterocycles. The molecule has 1 aromatic carbocycles. The van der Waals surface area contributed by atoms with Crippen LogP contribution in [0.2, 0.25) is 5.02 Å². The van der Waals surface area contributed by atoms with Gasteiger partial charge in [-0.15, -0.1) is 0 Å². The normalized spacial score (nSPS) is 17.6. The molecule has 0 aromatic heterocycles. The second-order valence-electron chi connectivity index (χ2n) is 4.78. The molecule has 0 saturated heterocycles. The van der Waals surface area contributed by atoms with Gasteiger partial charge in [0.1, 0.15) is 11.4 Å². The molecule has 0 atom stereocenters. The fourth-order valence-corrected chi connectivity index (χ4v) is 2.62. The van der Waals surface area contributed by atoms with E-state index in [-0.39, 0.29) is 5.60 Å². The summed E-state index contributed by atoms with van der Waals surface area (Å²) in [7, 11) is 0. The number of halogens is 1. The smallest absolute Gasteiger partial charge is 0.120 e. The van der Waals surface area contributed by atoms with Gasteiger partial charge in [-0.2, -0.15) is 0 Å². The Morgan fingerprint density at radius 1 is 1.41 bits per heavy atom. The molecule has 1 aromatic rings. The van der Waals surface area contributed by atoms with Gasteiger partial charge in [-0.1, -0.05) is 18.5 Å². The molecule has 0 amide bonds. The highest BCUT2D eigenvalue weighted by molar-refractivity contribution is 6.31. The zero-order valence-corrected chi connectivity index (χ0v) is 11.1. The molecule has 0 unspecified atom stereocenters. The highest BCUT2D eigenvalue weighted by Crippen LogP contribution is 2.39. The van der Waals surface area contributed by atoms with Gasteiger partial charge in [0.25, 0.3) is 0 Å². The maximum Gasteiger partial charge on any atom is 0.120 e. The van der Waals surface area contributed by atoms with Gasteiger partial charge in [0, 0.05) is 5.02 Å². The molecule has 17 heavy (non-hydrogen) atoms. The van der Waals surface area contributed by atoms with E-state index in [0.29, 0.717) is 6.54 Å². The van der Waals surface area contributed by atoms with Gasteiger partial charge in [0.2, 0.25) is 0 Å². The van der Waals surface area contributed by atoms with E-state index in [1.54, 1.807) is 0 Å². The van der Waals surface area contributed by atoms with E-state index in [4.69, 9.17) is 22.1 Å². The molecule has 1 saturated carbocycles. The van der Waals surface area contributed by atoms with Crippen LogP contribution in [0.3, 0.4) is 0 Å². The zero-order chi connectivity index (χ0) is 12.3. The van der Waals surface area contributed by atoms with Gasteiger partial charge in [0.05, 0.1) is 0 Å². The van der Waals surface area contributed by atoms with Gasteiger partial charge in [-0.05, 0) is 62.4 Å². The number of benzene rings is 1. The van der Waals surface area contributed by atoms with Crippen molar-refractivity contribution in [1.29, 1.82) is 0 Å². The van der Waals surface area contributed by atoms with Crippen molar-refractivity contribution in [2.24, 2.45) is 5.73 Å². The maximum atomic E-state index is 6.14. The van der Waals surface area contributed by atoms with E-state index in [1.165, 1.54) is 6.42 Å². The molecule has 1 aliphatic carbocycles. The van der Waals surface area contributed by atoms with Crippen molar-refractivity contribution in [3.63, 3.8) is 0 Å². The number of ether oxygens (including phenoxy) is 1. The van der Waals surface area contributed by atoms with Gasteiger partial charge < -0.3 is 10.5 Å². The Morgan fingerprint density at radius 2 is 2.18 bits per heavy atom. The summed E-state index contributed by atoms with van der Waals surface area (Å²) in [5.74, 6) is 0.930. The topological polar surface area (TPSA) is 35.2 Å². The molecule has 2 nitrogen and oxygen atoms in total. The average Bonchev–Trinajstić information content (AvgIpc) is 2.29. The number of hydrogen-bond donors (Lipinski definition) is 1. The Kier molecular flexibility index (Phi) is 3.95. The van der Waals surface area contributed by atoms with Crippen LogP contribution in [-0.2, 0) is 6.42 Å². The lowest BCUT2D eigenvalue weighted by Crippen LogP contribution is -2.44. The van der Waals surface area contributed by atoms with E-state index in [1.807, 2.05) is 12.1 Å². The summed E-state index contributed by atoms with van der Waals surface area (Å²) in [6.07, 6.45) is 5.35. The molecule has 0 spiro atoms. The summed E-state index contributed by atoms with van der Waals surface area (Å²) in [6, 6.07) is 5.93. The van der Waals surface area contributed by atoms with Crippen molar-refractivity contribution in [3.05, 3.63) is 28.8 Å². The number of hydrogen-bond acceptors (Lipinski definition) is 2. The Hall–Kier alpha value is -0.730. The minimum absolute atomic E-state index is 0.00636. The Labute approximate surface area is 108 Å². The van der Waals surface area contributed by atoms with Gasteiger partial charge >= 0.3 is 0 Å². The maximum absolute atomic E-state index is 6.14. The van der Waals surface area contributed by atoms with E-state index < -0.39 is 0 Å². The third kappa shape index (κ3) is 2.75. The lowest BCUT2D eigenvalue weighted by molar-refractivity contribution is -0.0125. The Bertz CT molecular complexity index is 388. The predicted molar refractivity (Wildman–Crippen MR) is 71.7 cm³/mol. The second-order valence-corrected chi connectivity index (χ2v) is 5.19. The summed E-state index contributed by atoms with van der Waals surface area (Å²) in [4.78, 5) is 0. The SMILES string of the molecule is CCc1cc(OC2(CCN)CCC2)ccc1Cl. The fourth-order valence-electron chi connectivity index (χ4n) is 2.37. The third-order valence-corrected chi connectivity index (χ3v) is 3.97. The molecule has 2 N–H and O–H groups in total. The molecule has 0 heterocycles. The Morgan fingerprint density at radius 3 is 2.71 bits per heavy atom. The van der Waals surface area contributed by atoms with Crippen molar-refractivity contribution in [1.82, 2.24) is 0 Å². The van der Waals surface area contributed by atoms with Crippen LogP contribution in [0.5, 0.6) is 5.75 Å². The van der Waals surface area contributed by atoms with Crippen LogP contribution in [-0.4, -0.2) is 12.1 Å². The van der Waals surface area contributed by atoms with Crippen LogP contribution in [0.25, 0.3) is 0 Å². The van der Waals surface area contributed by atoms with E-state index in [9.17, 15) is 0 Å². The van der Waals surface area contributed by atoms with Crippen molar-refractivity contribution >= 4 is 11.6 Å². The summed E-state index contributed by atoms with van der Waals surface area (Å²) < 4.78 is 6.14. The molecule has 1 aliphatic rings. The standard InChI is InChI=1S/C14H20ClNO/c1-2-11-10-12(4-5-13(11)15)17-14(8-9-16)6-3-7-14/h4-5,10H,2-3,6-9,16H2,1H3. The van der Waals surface area contributed by atoms with Crippen molar-refractivity contribution in [2.45, 2.75) is 44.6 Å². The summed E-state index contributed by atoms with van der Waals surface area (Å²) in [6.45, 7) is 2.79. The van der Waals surface area contributed by atoms with Gasteiger partial charge in [-0.25, -0.2) is 0 Å². The van der Waals surface area contributed by atoms with Crippen LogP contribution in [0.1, 0.15) is 38.2 Å². The first-order valence-corrected chi connectivity index (χ1v) is 6.74. The highest BCUT2D eigenvalue weighted by Gasteiger charge is 2.38. The van der Waals surface area contributed by atoms with Gasteiger partial charge in [0.15, 0.2) is 0 Å². The highest BCUT2D eigenvalue weighted by atomic mass is 35.5. The first kappa shape index (κ1) is 12.7. The summed E-state index contributed by atoms with van der Waals surface area (Å²) >= 11 is 6.10. The van der Waals surface area contributed by atoms with Crippen LogP contribution in [0, 0.1) is 0 Å². The Balaban J connectivity index is 2.12. The number of nitrogens with two attached hydrogens (primary N) is 1. The molecule has 2 rings (SSSR count). The van der Waals surface area contributed by atoms with E-state index in [0.717, 1.165) is 42.0 Å². The molecule has 94 valence electrons. The molecule has 0 bridgehead atoms. The first-order chi connectivity index (χ1) is 8.19. The van der Waals surface area contributed by atoms with Crippen molar-refractivity contribution in [3.8, 4) is 5.75 Å². The molecular weight excluding hydrogens is 234 g/mol. The minimum Gasteiger partial charge on any atom is -0.487 e. The first-order valence-electron chi connectivity index (χ1n) is 6.36. The minimum atomic E-state index is -0.00636. The van der Waals surface area contributed by atoms with Crippen LogP contribution < -0.4 is 10.5 Å². The zero-order valence-electron chi connectivity index (χ0n) is 10.3. The monoisotopic (exact) mass is 253 g/mol. The molecule has 0 radical (unpaired) electrons. The van der Waals surface area contributed by atoms with E-state index in [2.05, 4.69) is 13.0 Å². The quantitative estimate of drug-likeness (QED) is 0.871. The second kappa shape index (κ2) is 5.28. The summed E-state index contributed by atoms with van der Waals surface area (Å²) in [5, 5.41) is 0.821. The van der Waals surface area contributed by atoms with Gasteiger partial charge in [-0.3, -0.25) is 0 Å². The van der Waals surface area contributed by atoms with E-state index >= 15 is 0 Å². The fraction of sp³-hybridized carbons (Fsp3) is 0.571. The number of aryl methyl sites for hydroxylation is 1.